The van der Waals surface area contributed by atoms with Crippen LogP contribution in [0.3, 0.4) is 0 Å². The van der Waals surface area contributed by atoms with Crippen molar-refractivity contribution >= 4 is 28.6 Å². The lowest BCUT2D eigenvalue weighted by Crippen LogP contribution is -2.44. The number of rotatable bonds is 4. The first-order chi connectivity index (χ1) is 14.2. The summed E-state index contributed by atoms with van der Waals surface area (Å²) >= 11 is 1.94. The van der Waals surface area contributed by atoms with Crippen LogP contribution in [0.1, 0.15) is 36.5 Å². The Kier molecular flexibility index (Phi) is 5.13. The van der Waals surface area contributed by atoms with Crippen LogP contribution in [-0.4, -0.2) is 51.1 Å². The summed E-state index contributed by atoms with van der Waals surface area (Å²) in [6.45, 7) is 3.63. The molecule has 0 amide bonds. The molecule has 0 N–H and O–H groups in total. The fourth-order valence-electron chi connectivity index (χ4n) is 4.12. The Bertz CT molecular complexity index is 1020. The van der Waals surface area contributed by atoms with Gasteiger partial charge in [0.25, 0.3) is 0 Å². The van der Waals surface area contributed by atoms with E-state index in [1.807, 2.05) is 36.0 Å². The van der Waals surface area contributed by atoms with E-state index in [0.717, 1.165) is 41.3 Å². The van der Waals surface area contributed by atoms with Crippen LogP contribution in [0.15, 0.2) is 30.3 Å². The normalized spacial score (nSPS) is 22.5. The number of hydrogen-bond donors (Lipinski definition) is 0. The minimum atomic E-state index is -0.663. The maximum Gasteiger partial charge on any atom is 0.237 e. The molecule has 2 aliphatic heterocycles. The lowest BCUT2D eigenvalue weighted by Gasteiger charge is -2.34. The molecule has 3 aromatic rings. The molecular formula is C21H24FN5OS. The van der Waals surface area contributed by atoms with Gasteiger partial charge in [-0.15, -0.1) is 0 Å². The molecule has 2 aromatic heterocycles. The third kappa shape index (κ3) is 3.48. The van der Waals surface area contributed by atoms with Gasteiger partial charge in [0.2, 0.25) is 5.95 Å². The zero-order valence-corrected chi connectivity index (χ0v) is 17.2. The largest absolute Gasteiger partial charge is 0.377 e. The topological polar surface area (TPSA) is 56.1 Å². The minimum Gasteiger partial charge on any atom is -0.377 e. The van der Waals surface area contributed by atoms with Gasteiger partial charge in [0.05, 0.1) is 36.0 Å². The van der Waals surface area contributed by atoms with Crippen molar-refractivity contribution in [1.82, 2.24) is 19.5 Å². The summed E-state index contributed by atoms with van der Waals surface area (Å²) in [5, 5.41) is 0.357. The van der Waals surface area contributed by atoms with Crippen molar-refractivity contribution in [2.75, 3.05) is 30.4 Å². The van der Waals surface area contributed by atoms with Crippen LogP contribution in [0.5, 0.6) is 0 Å². The Morgan fingerprint density at radius 1 is 1.24 bits per heavy atom. The highest BCUT2D eigenvalue weighted by molar-refractivity contribution is 7.99. The number of para-hydroxylation sites is 2. The van der Waals surface area contributed by atoms with Crippen LogP contribution >= 0.6 is 11.8 Å². The van der Waals surface area contributed by atoms with E-state index in [4.69, 9.17) is 14.7 Å². The molecule has 152 valence electrons. The van der Waals surface area contributed by atoms with Gasteiger partial charge in [-0.1, -0.05) is 12.1 Å². The standard InChI is InChI=1S/C21H24FN5OS/c1-14-13-28-9-8-26(14)19-11-16(18-7-4-10-29-18)24-21(25-19)27-17-6-3-2-5-15(17)23-20(27)12-22/h2-3,5-6,11,14,18H,4,7-10,12-13H2,1H3. The number of ether oxygens (including phenoxy) is 1. The van der Waals surface area contributed by atoms with Crippen molar-refractivity contribution in [2.45, 2.75) is 37.7 Å². The zero-order chi connectivity index (χ0) is 19.8. The van der Waals surface area contributed by atoms with E-state index in [9.17, 15) is 4.39 Å². The van der Waals surface area contributed by atoms with Crippen LogP contribution in [0.2, 0.25) is 0 Å². The van der Waals surface area contributed by atoms with Crippen molar-refractivity contribution in [1.29, 1.82) is 0 Å². The van der Waals surface area contributed by atoms with Crippen molar-refractivity contribution in [2.24, 2.45) is 0 Å². The van der Waals surface area contributed by atoms with E-state index in [0.29, 0.717) is 30.2 Å². The molecule has 2 unspecified atom stereocenters. The Morgan fingerprint density at radius 2 is 2.14 bits per heavy atom. The third-order valence-electron chi connectivity index (χ3n) is 5.59. The lowest BCUT2D eigenvalue weighted by atomic mass is 10.2. The number of morpholine rings is 1. The number of aromatic nitrogens is 4. The second kappa shape index (κ2) is 7.91. The van der Waals surface area contributed by atoms with Crippen LogP contribution in [0.25, 0.3) is 17.0 Å². The molecule has 1 aromatic carbocycles. The maximum atomic E-state index is 13.9. The molecule has 8 heteroatoms. The first-order valence-electron chi connectivity index (χ1n) is 10.1. The molecule has 2 fully saturated rings. The first-order valence-corrected chi connectivity index (χ1v) is 11.2. The van der Waals surface area contributed by atoms with Gasteiger partial charge in [0.15, 0.2) is 0 Å². The molecule has 0 radical (unpaired) electrons. The van der Waals surface area contributed by atoms with E-state index >= 15 is 0 Å². The van der Waals surface area contributed by atoms with Gasteiger partial charge in [-0.25, -0.2) is 14.4 Å². The predicted molar refractivity (Wildman–Crippen MR) is 114 cm³/mol. The summed E-state index contributed by atoms with van der Waals surface area (Å²) < 4.78 is 21.2. The van der Waals surface area contributed by atoms with Crippen molar-refractivity contribution in [3.63, 3.8) is 0 Å². The number of hydrogen-bond acceptors (Lipinski definition) is 6. The summed E-state index contributed by atoms with van der Waals surface area (Å²) in [5.74, 6) is 2.88. The van der Waals surface area contributed by atoms with Crippen LogP contribution < -0.4 is 4.90 Å². The number of nitrogens with zero attached hydrogens (tertiary/aromatic N) is 5. The van der Waals surface area contributed by atoms with Gasteiger partial charge in [-0.3, -0.25) is 4.57 Å². The number of benzene rings is 1. The van der Waals surface area contributed by atoms with E-state index in [2.05, 4.69) is 22.9 Å². The summed E-state index contributed by atoms with van der Waals surface area (Å²) in [5.41, 5.74) is 2.61. The molecule has 6 nitrogen and oxygen atoms in total. The molecule has 0 aliphatic carbocycles. The van der Waals surface area contributed by atoms with Gasteiger partial charge in [-0.05, 0) is 37.7 Å². The van der Waals surface area contributed by atoms with Crippen molar-refractivity contribution in [3.8, 4) is 5.95 Å². The monoisotopic (exact) mass is 413 g/mol. The fourth-order valence-corrected chi connectivity index (χ4v) is 5.36. The highest BCUT2D eigenvalue weighted by Gasteiger charge is 2.26. The van der Waals surface area contributed by atoms with Gasteiger partial charge in [0, 0.05) is 17.9 Å². The Balaban J connectivity index is 1.68. The van der Waals surface area contributed by atoms with Gasteiger partial charge in [-0.2, -0.15) is 16.7 Å². The number of fused-ring (bicyclic) bond motifs is 1. The summed E-state index contributed by atoms with van der Waals surface area (Å²) in [6.07, 6.45) is 2.31. The highest BCUT2D eigenvalue weighted by Crippen LogP contribution is 2.40. The number of alkyl halides is 1. The molecule has 29 heavy (non-hydrogen) atoms. The van der Waals surface area contributed by atoms with Gasteiger partial charge in [0.1, 0.15) is 18.3 Å². The molecule has 0 saturated carbocycles. The van der Waals surface area contributed by atoms with E-state index in [-0.39, 0.29) is 6.04 Å². The molecule has 0 bridgehead atoms. The summed E-state index contributed by atoms with van der Waals surface area (Å²) in [6, 6.07) is 10.0. The molecule has 2 aliphatic rings. The fraction of sp³-hybridized carbons (Fsp3) is 0.476. The quantitative estimate of drug-likeness (QED) is 0.642. The molecular weight excluding hydrogens is 389 g/mol. The van der Waals surface area contributed by atoms with E-state index in [1.54, 1.807) is 4.57 Å². The molecule has 4 heterocycles. The Morgan fingerprint density at radius 3 is 2.93 bits per heavy atom. The van der Waals surface area contributed by atoms with Crippen molar-refractivity contribution in [3.05, 3.63) is 41.9 Å². The highest BCUT2D eigenvalue weighted by atomic mass is 32.2. The van der Waals surface area contributed by atoms with E-state index < -0.39 is 6.67 Å². The molecule has 2 saturated heterocycles. The van der Waals surface area contributed by atoms with Gasteiger partial charge < -0.3 is 9.64 Å². The number of imidazole rings is 1. The lowest BCUT2D eigenvalue weighted by molar-refractivity contribution is 0.0985. The Hall–Kier alpha value is -2.19. The summed E-state index contributed by atoms with van der Waals surface area (Å²) in [4.78, 5) is 16.5. The SMILES string of the molecule is CC1COCCN1c1cc(C2CCCS2)nc(-n2c(CF)nc3ccccc32)n1. The zero-order valence-electron chi connectivity index (χ0n) is 16.4. The summed E-state index contributed by atoms with van der Waals surface area (Å²) in [7, 11) is 0. The number of halogens is 1. The van der Waals surface area contributed by atoms with Gasteiger partial charge >= 0.3 is 0 Å². The van der Waals surface area contributed by atoms with E-state index in [1.165, 1.54) is 6.42 Å². The Labute approximate surface area is 173 Å². The van der Waals surface area contributed by atoms with Crippen LogP contribution in [-0.2, 0) is 11.4 Å². The number of thioether (sulfide) groups is 1. The predicted octanol–water partition coefficient (Wildman–Crippen LogP) is 4.08. The third-order valence-corrected chi connectivity index (χ3v) is 7.00. The minimum absolute atomic E-state index is 0.232. The van der Waals surface area contributed by atoms with Crippen molar-refractivity contribution < 1.29 is 9.13 Å². The second-order valence-corrected chi connectivity index (χ2v) is 8.87. The van der Waals surface area contributed by atoms with Crippen LogP contribution in [0.4, 0.5) is 10.2 Å². The first kappa shape index (κ1) is 18.8. The average Bonchev–Trinajstić information content (AvgIpc) is 3.41. The molecule has 0 spiro atoms. The number of anilines is 1. The molecule has 5 rings (SSSR count). The second-order valence-electron chi connectivity index (χ2n) is 7.56. The van der Waals surface area contributed by atoms with Crippen LogP contribution in [0, 0.1) is 0 Å². The average molecular weight is 414 g/mol. The maximum absolute atomic E-state index is 13.9. The molecule has 2 atom stereocenters. The smallest absolute Gasteiger partial charge is 0.237 e.